The minimum atomic E-state index is 0.600. The Morgan fingerprint density at radius 1 is 1.15 bits per heavy atom. The van der Waals surface area contributed by atoms with Gasteiger partial charge in [0.1, 0.15) is 0 Å². The number of nitrogens with one attached hydrogen (secondary N) is 1. The van der Waals surface area contributed by atoms with E-state index < -0.39 is 0 Å². The quantitative estimate of drug-likeness (QED) is 0.566. The molecule has 0 radical (unpaired) electrons. The van der Waals surface area contributed by atoms with Crippen molar-refractivity contribution in [1.82, 2.24) is 5.32 Å². The van der Waals surface area contributed by atoms with Crippen molar-refractivity contribution in [2.75, 3.05) is 6.54 Å². The Balaban J connectivity index is 2.40. The molecular weight excluding hydrogens is 182 g/mol. The summed E-state index contributed by atoms with van der Waals surface area (Å²) in [7, 11) is 0. The Morgan fingerprint density at radius 2 is 1.77 bits per heavy atom. The summed E-state index contributed by atoms with van der Waals surface area (Å²) >= 11 is 5.69. The van der Waals surface area contributed by atoms with Gasteiger partial charge in [-0.1, -0.05) is 31.2 Å². The number of benzene rings is 1. The molecule has 0 aliphatic heterocycles. The Hall–Kier alpha value is -0.530. The van der Waals surface area contributed by atoms with Crippen molar-refractivity contribution in [1.29, 1.82) is 0 Å². The molecule has 0 bridgehead atoms. The molecular formula is C11H16ClN. The van der Waals surface area contributed by atoms with E-state index in [4.69, 9.17) is 11.6 Å². The Labute approximate surface area is 85.1 Å². The summed E-state index contributed by atoms with van der Waals surface area (Å²) in [5.74, 6) is 0.600. The first-order chi connectivity index (χ1) is 6.36. The van der Waals surface area contributed by atoms with E-state index >= 15 is 0 Å². The van der Waals surface area contributed by atoms with Crippen molar-refractivity contribution in [3.8, 4) is 0 Å². The molecule has 1 aromatic carbocycles. The summed E-state index contributed by atoms with van der Waals surface area (Å²) in [5, 5.41) is 3.36. The zero-order chi connectivity index (χ0) is 9.52. The van der Waals surface area contributed by atoms with Crippen LogP contribution < -0.4 is 5.32 Å². The van der Waals surface area contributed by atoms with Crippen molar-refractivity contribution >= 4 is 11.6 Å². The summed E-state index contributed by atoms with van der Waals surface area (Å²) < 4.78 is 0. The van der Waals surface area contributed by atoms with Crippen molar-refractivity contribution in [2.24, 2.45) is 0 Å². The lowest BCUT2D eigenvalue weighted by Gasteiger charge is -2.03. The van der Waals surface area contributed by atoms with Gasteiger partial charge in [0, 0.05) is 12.4 Å². The molecule has 72 valence electrons. The third-order valence-corrected chi connectivity index (χ3v) is 2.24. The average molecular weight is 198 g/mol. The fourth-order valence-corrected chi connectivity index (χ4v) is 1.33. The topological polar surface area (TPSA) is 12.0 Å². The molecule has 0 fully saturated rings. The lowest BCUT2D eigenvalue weighted by Crippen LogP contribution is -2.13. The van der Waals surface area contributed by atoms with E-state index in [-0.39, 0.29) is 0 Å². The summed E-state index contributed by atoms with van der Waals surface area (Å²) in [6.45, 7) is 4.21. The first-order valence-electron chi connectivity index (χ1n) is 4.71. The molecule has 0 aliphatic rings. The molecule has 0 spiro atoms. The van der Waals surface area contributed by atoms with Gasteiger partial charge in [-0.2, -0.15) is 0 Å². The van der Waals surface area contributed by atoms with Crippen molar-refractivity contribution < 1.29 is 0 Å². The highest BCUT2D eigenvalue weighted by molar-refractivity contribution is 6.17. The van der Waals surface area contributed by atoms with Crippen LogP contribution in [0.2, 0.25) is 0 Å². The van der Waals surface area contributed by atoms with E-state index in [1.165, 1.54) is 17.5 Å². The van der Waals surface area contributed by atoms with E-state index in [0.717, 1.165) is 13.1 Å². The molecule has 0 saturated carbocycles. The first kappa shape index (κ1) is 10.6. The molecule has 1 nitrogen and oxygen atoms in total. The van der Waals surface area contributed by atoms with Crippen LogP contribution in [-0.4, -0.2) is 6.54 Å². The summed E-state index contributed by atoms with van der Waals surface area (Å²) in [4.78, 5) is 0. The lowest BCUT2D eigenvalue weighted by atomic mass is 10.1. The van der Waals surface area contributed by atoms with Crippen LogP contribution in [0.25, 0.3) is 0 Å². The van der Waals surface area contributed by atoms with E-state index in [9.17, 15) is 0 Å². The first-order valence-corrected chi connectivity index (χ1v) is 5.24. The zero-order valence-corrected chi connectivity index (χ0v) is 8.77. The predicted molar refractivity (Wildman–Crippen MR) is 58.0 cm³/mol. The maximum absolute atomic E-state index is 5.69. The van der Waals surface area contributed by atoms with Crippen LogP contribution in [0.3, 0.4) is 0 Å². The number of rotatable bonds is 5. The van der Waals surface area contributed by atoms with Crippen LogP contribution >= 0.6 is 11.6 Å². The SMILES string of the molecule is CCCNCc1ccc(CCl)cc1. The number of hydrogen-bond donors (Lipinski definition) is 1. The Bertz CT molecular complexity index is 230. The fourth-order valence-electron chi connectivity index (χ4n) is 1.16. The molecule has 1 rings (SSSR count). The van der Waals surface area contributed by atoms with Crippen LogP contribution in [0, 0.1) is 0 Å². The van der Waals surface area contributed by atoms with Gasteiger partial charge in [-0.3, -0.25) is 0 Å². The lowest BCUT2D eigenvalue weighted by molar-refractivity contribution is 0.675. The van der Waals surface area contributed by atoms with E-state index in [1.54, 1.807) is 0 Å². The monoisotopic (exact) mass is 197 g/mol. The molecule has 0 unspecified atom stereocenters. The molecule has 1 aromatic rings. The van der Waals surface area contributed by atoms with E-state index in [1.807, 2.05) is 0 Å². The second-order valence-electron chi connectivity index (χ2n) is 3.13. The Kier molecular flexibility index (Phi) is 4.87. The van der Waals surface area contributed by atoms with E-state index in [2.05, 4.69) is 36.5 Å². The normalized spacial score (nSPS) is 10.3. The molecule has 0 atom stereocenters. The highest BCUT2D eigenvalue weighted by Gasteiger charge is 1.92. The van der Waals surface area contributed by atoms with Crippen LogP contribution in [-0.2, 0) is 12.4 Å². The molecule has 0 saturated heterocycles. The predicted octanol–water partition coefficient (Wildman–Crippen LogP) is 2.93. The Morgan fingerprint density at radius 3 is 2.31 bits per heavy atom. The number of alkyl halides is 1. The van der Waals surface area contributed by atoms with Gasteiger partial charge >= 0.3 is 0 Å². The van der Waals surface area contributed by atoms with Crippen molar-refractivity contribution in [3.05, 3.63) is 35.4 Å². The standard InChI is InChI=1S/C11H16ClN/c1-2-7-13-9-11-5-3-10(8-12)4-6-11/h3-6,13H,2,7-9H2,1H3. The number of hydrogen-bond acceptors (Lipinski definition) is 1. The molecule has 0 heterocycles. The molecule has 0 aliphatic carbocycles. The molecule has 1 N–H and O–H groups in total. The van der Waals surface area contributed by atoms with Gasteiger partial charge in [0.05, 0.1) is 0 Å². The molecule has 0 amide bonds. The maximum Gasteiger partial charge on any atom is 0.0474 e. The molecule has 0 aromatic heterocycles. The largest absolute Gasteiger partial charge is 0.313 e. The van der Waals surface area contributed by atoms with E-state index in [0.29, 0.717) is 5.88 Å². The zero-order valence-electron chi connectivity index (χ0n) is 8.02. The smallest absolute Gasteiger partial charge is 0.0474 e. The van der Waals surface area contributed by atoms with Gasteiger partial charge in [-0.05, 0) is 24.1 Å². The highest BCUT2D eigenvalue weighted by Crippen LogP contribution is 2.06. The van der Waals surface area contributed by atoms with Gasteiger partial charge in [-0.15, -0.1) is 11.6 Å². The van der Waals surface area contributed by atoms with Crippen molar-refractivity contribution in [2.45, 2.75) is 25.8 Å². The minimum absolute atomic E-state index is 0.600. The fraction of sp³-hybridized carbons (Fsp3) is 0.455. The van der Waals surface area contributed by atoms with Crippen LogP contribution in [0.1, 0.15) is 24.5 Å². The van der Waals surface area contributed by atoms with Gasteiger partial charge in [0.2, 0.25) is 0 Å². The minimum Gasteiger partial charge on any atom is -0.313 e. The van der Waals surface area contributed by atoms with Crippen LogP contribution in [0.4, 0.5) is 0 Å². The van der Waals surface area contributed by atoms with Gasteiger partial charge < -0.3 is 5.32 Å². The average Bonchev–Trinajstić information content (AvgIpc) is 2.19. The summed E-state index contributed by atoms with van der Waals surface area (Å²) in [6, 6.07) is 8.41. The second-order valence-corrected chi connectivity index (χ2v) is 3.39. The summed E-state index contributed by atoms with van der Waals surface area (Å²) in [5.41, 5.74) is 2.50. The third kappa shape index (κ3) is 3.79. The van der Waals surface area contributed by atoms with Crippen molar-refractivity contribution in [3.63, 3.8) is 0 Å². The molecule has 2 heteroatoms. The number of halogens is 1. The van der Waals surface area contributed by atoms with Gasteiger partial charge in [0.25, 0.3) is 0 Å². The molecule has 13 heavy (non-hydrogen) atoms. The van der Waals surface area contributed by atoms with Crippen LogP contribution in [0.15, 0.2) is 24.3 Å². The van der Waals surface area contributed by atoms with Gasteiger partial charge in [-0.25, -0.2) is 0 Å². The highest BCUT2D eigenvalue weighted by atomic mass is 35.5. The van der Waals surface area contributed by atoms with Crippen LogP contribution in [0.5, 0.6) is 0 Å². The third-order valence-electron chi connectivity index (χ3n) is 1.93. The maximum atomic E-state index is 5.69. The van der Waals surface area contributed by atoms with Gasteiger partial charge in [0.15, 0.2) is 0 Å². The second kappa shape index (κ2) is 6.01. The summed E-state index contributed by atoms with van der Waals surface area (Å²) in [6.07, 6.45) is 1.18.